The van der Waals surface area contributed by atoms with Crippen LogP contribution in [0.15, 0.2) is 64.9 Å². The number of amides is 2. The summed E-state index contributed by atoms with van der Waals surface area (Å²) in [6.45, 7) is 2.56. The number of carbonyl (C=O) groups is 2. The summed E-state index contributed by atoms with van der Waals surface area (Å²) in [5.41, 5.74) is 2.87. The fourth-order valence-electron chi connectivity index (χ4n) is 3.25. The summed E-state index contributed by atoms with van der Waals surface area (Å²) in [6, 6.07) is 15.7. The van der Waals surface area contributed by atoms with Crippen LogP contribution in [0.3, 0.4) is 0 Å². The second-order valence-corrected chi connectivity index (χ2v) is 6.21. The number of fused-ring (bicyclic) bond motifs is 1. The highest BCUT2D eigenvalue weighted by molar-refractivity contribution is 6.25. The molecule has 6 heteroatoms. The first-order chi connectivity index (χ1) is 12.2. The van der Waals surface area contributed by atoms with Crippen molar-refractivity contribution in [2.45, 2.75) is 32.0 Å². The number of aryl methyl sites for hydroxylation is 1. The van der Waals surface area contributed by atoms with Gasteiger partial charge in [0.05, 0.1) is 12.2 Å². The second-order valence-electron chi connectivity index (χ2n) is 6.21. The molecular weight excluding hydrogens is 316 g/mol. The molecule has 1 saturated heterocycles. The lowest BCUT2D eigenvalue weighted by Gasteiger charge is -2.20. The highest BCUT2D eigenvalue weighted by atomic mass is 16.2. The molecule has 0 saturated carbocycles. The summed E-state index contributed by atoms with van der Waals surface area (Å²) < 4.78 is 0. The van der Waals surface area contributed by atoms with E-state index < -0.39 is 12.1 Å². The lowest BCUT2D eigenvalue weighted by atomic mass is 10.1. The zero-order chi connectivity index (χ0) is 17.4. The summed E-state index contributed by atoms with van der Waals surface area (Å²) >= 11 is 0. The van der Waals surface area contributed by atoms with Gasteiger partial charge in [-0.3, -0.25) is 14.6 Å². The van der Waals surface area contributed by atoms with E-state index in [1.54, 1.807) is 29.3 Å². The number of hydrogen-bond acceptors (Lipinski definition) is 5. The van der Waals surface area contributed by atoms with E-state index in [1.807, 2.05) is 18.2 Å². The highest BCUT2D eigenvalue weighted by Gasteiger charge is 2.54. The fourth-order valence-corrected chi connectivity index (χ4v) is 3.25. The van der Waals surface area contributed by atoms with Crippen molar-refractivity contribution >= 4 is 17.5 Å². The van der Waals surface area contributed by atoms with Crippen LogP contribution in [0.5, 0.6) is 0 Å². The fraction of sp³-hybridized carbons (Fsp3) is 0.263. The van der Waals surface area contributed by atoms with E-state index in [2.05, 4.69) is 29.4 Å². The Labute approximate surface area is 145 Å². The summed E-state index contributed by atoms with van der Waals surface area (Å²) in [4.78, 5) is 26.7. The first-order valence-electron chi connectivity index (χ1n) is 8.37. The van der Waals surface area contributed by atoms with Gasteiger partial charge in [-0.25, -0.2) is 4.90 Å². The first kappa shape index (κ1) is 15.5. The monoisotopic (exact) mass is 334 g/mol. The van der Waals surface area contributed by atoms with Gasteiger partial charge in [0.2, 0.25) is 0 Å². The van der Waals surface area contributed by atoms with E-state index in [4.69, 9.17) is 0 Å². The van der Waals surface area contributed by atoms with Gasteiger partial charge < -0.3 is 0 Å². The number of para-hydroxylation sites is 1. The van der Waals surface area contributed by atoms with Gasteiger partial charge in [-0.2, -0.15) is 5.11 Å². The first-order valence-corrected chi connectivity index (χ1v) is 8.37. The van der Waals surface area contributed by atoms with Crippen molar-refractivity contribution in [3.8, 4) is 0 Å². The van der Waals surface area contributed by atoms with E-state index in [9.17, 15) is 9.59 Å². The van der Waals surface area contributed by atoms with Crippen molar-refractivity contribution in [3.05, 3.63) is 65.7 Å². The van der Waals surface area contributed by atoms with Crippen LogP contribution in [-0.4, -0.2) is 28.9 Å². The molecule has 2 atom stereocenters. The molecule has 25 heavy (non-hydrogen) atoms. The van der Waals surface area contributed by atoms with E-state index in [0.29, 0.717) is 12.2 Å². The number of rotatable bonds is 4. The predicted octanol–water partition coefficient (Wildman–Crippen LogP) is 2.74. The number of benzene rings is 2. The third kappa shape index (κ3) is 2.59. The van der Waals surface area contributed by atoms with Crippen LogP contribution in [0.4, 0.5) is 5.69 Å². The molecule has 2 heterocycles. The Kier molecular flexibility index (Phi) is 3.80. The van der Waals surface area contributed by atoms with E-state index in [0.717, 1.165) is 12.0 Å². The molecule has 0 radical (unpaired) electrons. The van der Waals surface area contributed by atoms with Crippen molar-refractivity contribution in [3.63, 3.8) is 0 Å². The molecule has 2 aliphatic rings. The van der Waals surface area contributed by atoms with E-state index in [-0.39, 0.29) is 11.8 Å². The highest BCUT2D eigenvalue weighted by Crippen LogP contribution is 2.32. The maximum atomic E-state index is 12.8. The van der Waals surface area contributed by atoms with Crippen molar-refractivity contribution in [1.29, 1.82) is 0 Å². The topological polar surface area (TPSA) is 65.3 Å². The molecule has 2 aromatic rings. The number of hydrogen-bond donors (Lipinski definition) is 0. The summed E-state index contributed by atoms with van der Waals surface area (Å²) in [5.74, 6) is -0.579. The Morgan fingerprint density at radius 2 is 1.60 bits per heavy atom. The van der Waals surface area contributed by atoms with Crippen molar-refractivity contribution < 1.29 is 9.59 Å². The molecule has 0 bridgehead atoms. The Bertz CT molecular complexity index is 832. The van der Waals surface area contributed by atoms with E-state index >= 15 is 0 Å². The molecule has 2 aliphatic heterocycles. The molecule has 0 aromatic heterocycles. The Hall–Kier alpha value is -3.02. The number of carbonyl (C=O) groups excluding carboxylic acids is 2. The Morgan fingerprint density at radius 1 is 0.920 bits per heavy atom. The van der Waals surface area contributed by atoms with Crippen LogP contribution in [0.25, 0.3) is 0 Å². The molecule has 126 valence electrons. The smallest absolute Gasteiger partial charge is 0.263 e. The van der Waals surface area contributed by atoms with Gasteiger partial charge in [0.25, 0.3) is 11.8 Å². The minimum absolute atomic E-state index is 0.267. The molecule has 0 aliphatic carbocycles. The van der Waals surface area contributed by atoms with Crippen LogP contribution >= 0.6 is 0 Å². The molecule has 0 spiro atoms. The quantitative estimate of drug-likeness (QED) is 0.808. The molecule has 2 aromatic carbocycles. The second kappa shape index (κ2) is 6.12. The van der Waals surface area contributed by atoms with Crippen LogP contribution < -0.4 is 4.90 Å². The summed E-state index contributed by atoms with van der Waals surface area (Å²) in [7, 11) is 0. The predicted molar refractivity (Wildman–Crippen MR) is 92.7 cm³/mol. The van der Waals surface area contributed by atoms with Crippen LogP contribution in [0.1, 0.15) is 18.1 Å². The third-order valence-corrected chi connectivity index (χ3v) is 4.65. The average Bonchev–Trinajstić information content (AvgIpc) is 3.17. The van der Waals surface area contributed by atoms with Gasteiger partial charge in [0.15, 0.2) is 12.1 Å². The van der Waals surface area contributed by atoms with Crippen LogP contribution in [0, 0.1) is 0 Å². The lowest BCUT2D eigenvalue weighted by Crippen LogP contribution is -2.39. The lowest BCUT2D eigenvalue weighted by molar-refractivity contribution is -0.123. The Balaban J connectivity index is 1.56. The number of anilines is 1. The molecule has 6 nitrogen and oxygen atoms in total. The van der Waals surface area contributed by atoms with Crippen LogP contribution in [-0.2, 0) is 22.6 Å². The SMILES string of the molecule is CCc1ccc(CN2N=NC3C(=O)N(c4ccccc4)C(=O)C32)cc1. The van der Waals surface area contributed by atoms with Crippen molar-refractivity contribution in [1.82, 2.24) is 5.01 Å². The molecule has 2 amide bonds. The molecular formula is C19H18N4O2. The third-order valence-electron chi connectivity index (χ3n) is 4.65. The van der Waals surface area contributed by atoms with Gasteiger partial charge in [-0.15, -0.1) is 0 Å². The normalized spacial score (nSPS) is 22.0. The van der Waals surface area contributed by atoms with Crippen molar-refractivity contribution in [2.24, 2.45) is 10.3 Å². The maximum absolute atomic E-state index is 12.8. The largest absolute Gasteiger partial charge is 0.271 e. The van der Waals surface area contributed by atoms with Gasteiger partial charge in [0, 0.05) is 0 Å². The Morgan fingerprint density at radius 3 is 2.28 bits per heavy atom. The van der Waals surface area contributed by atoms with Gasteiger partial charge in [-0.1, -0.05) is 54.6 Å². The average molecular weight is 334 g/mol. The maximum Gasteiger partial charge on any atom is 0.263 e. The standard InChI is InChI=1S/C19H18N4O2/c1-2-13-8-10-14(11-9-13)12-22-17-16(20-21-22)18(24)23(19(17)25)15-6-4-3-5-7-15/h3-11,16-17H,2,12H2,1H3. The minimum Gasteiger partial charge on any atom is -0.271 e. The van der Waals surface area contributed by atoms with Crippen LogP contribution in [0.2, 0.25) is 0 Å². The molecule has 2 unspecified atom stereocenters. The summed E-state index contributed by atoms with van der Waals surface area (Å²) in [6.07, 6.45) is 0.980. The van der Waals surface area contributed by atoms with Gasteiger partial charge >= 0.3 is 0 Å². The van der Waals surface area contributed by atoms with Crippen molar-refractivity contribution in [2.75, 3.05) is 4.90 Å². The minimum atomic E-state index is -0.748. The molecule has 0 N–H and O–H groups in total. The molecule has 1 fully saturated rings. The zero-order valence-corrected chi connectivity index (χ0v) is 13.9. The van der Waals surface area contributed by atoms with Gasteiger partial charge in [-0.05, 0) is 29.7 Å². The number of nitrogens with zero attached hydrogens (tertiary/aromatic N) is 4. The molecule has 4 rings (SSSR count). The van der Waals surface area contributed by atoms with Gasteiger partial charge in [0.1, 0.15) is 0 Å². The number of imide groups is 1. The van der Waals surface area contributed by atoms with E-state index in [1.165, 1.54) is 10.5 Å². The summed E-state index contributed by atoms with van der Waals surface area (Å²) in [5, 5.41) is 9.75. The zero-order valence-electron chi connectivity index (χ0n) is 13.9.